The van der Waals surface area contributed by atoms with Crippen molar-refractivity contribution < 1.29 is 42.2 Å². The van der Waals surface area contributed by atoms with Gasteiger partial charge in [-0.3, -0.25) is 9.59 Å². The molecule has 0 saturated heterocycles. The number of aliphatic carboxylic acids is 2. The van der Waals surface area contributed by atoms with E-state index in [9.17, 15) is 9.59 Å². The molecule has 0 aromatic heterocycles. The molecule has 8 heteroatoms. The summed E-state index contributed by atoms with van der Waals surface area (Å²) in [5, 5.41) is 14.9. The van der Waals surface area contributed by atoms with Crippen molar-refractivity contribution >= 4 is 83.7 Å². The molecule has 0 rings (SSSR count). The Kier molecular flexibility index (Phi) is 25.7. The molecule has 0 spiro atoms. The van der Waals surface area contributed by atoms with E-state index in [2.05, 4.69) is 12.6 Å². The molecular weight excluding hydrogens is 387 g/mol. The molecule has 2 N–H and O–H groups in total. The van der Waals surface area contributed by atoms with Gasteiger partial charge in [-0.25, -0.2) is 0 Å². The molecule has 2 radical (unpaired) electrons. The van der Waals surface area contributed by atoms with Crippen LogP contribution in [0, 0.1) is 0 Å². The number of hydrogen-bond donors (Lipinski definition) is 2. The summed E-state index contributed by atoms with van der Waals surface area (Å²) in [6, 6.07) is 0. The van der Waals surface area contributed by atoms with Crippen molar-refractivity contribution in [2.24, 2.45) is 0 Å². The molecule has 1 atom stereocenters. The first-order chi connectivity index (χ1) is 4.04. The van der Waals surface area contributed by atoms with E-state index in [4.69, 9.17) is 10.2 Å². The maximum atomic E-state index is 9.87. The zero-order chi connectivity index (χ0) is 7.44. The van der Waals surface area contributed by atoms with Gasteiger partial charge in [0.15, 0.2) is 0 Å². The first-order valence-corrected chi connectivity index (χ1v) is 2.61. The number of carbonyl (C=O) groups is 2. The van der Waals surface area contributed by atoms with Gasteiger partial charge in [0.2, 0.25) is 0 Å². The van der Waals surface area contributed by atoms with Gasteiger partial charge in [0.05, 0.1) is 0 Å². The molecule has 0 aliphatic carbocycles. The molecule has 0 aromatic carbocycles. The second kappa shape index (κ2) is 13.0. The van der Waals surface area contributed by atoms with E-state index >= 15 is 0 Å². The monoisotopic (exact) mass is 392 g/mol. The maximum absolute atomic E-state index is 9.87. The van der Waals surface area contributed by atoms with Crippen LogP contribution in [0.15, 0.2) is 0 Å². The molecule has 0 aromatic rings. The van der Waals surface area contributed by atoms with E-state index in [0.29, 0.717) is 0 Å². The molecule has 0 fully saturated rings. The first-order valence-electron chi connectivity index (χ1n) is 2.14. The average molecular weight is 392 g/mol. The van der Waals surface area contributed by atoms with Gasteiger partial charge >= 0.3 is 28.3 Å². The van der Waals surface area contributed by atoms with E-state index < -0.39 is 23.6 Å². The molecule has 12 heavy (non-hydrogen) atoms. The first kappa shape index (κ1) is 23.7. The molecule has 0 heterocycles. The van der Waals surface area contributed by atoms with Crippen molar-refractivity contribution in [1.29, 1.82) is 0 Å². The molecule has 0 aliphatic rings. The molecule has 0 saturated carbocycles. The van der Waals surface area contributed by atoms with Gasteiger partial charge in [0.1, 0.15) is 0 Å². The van der Waals surface area contributed by atoms with Gasteiger partial charge in [0, 0.05) is 65.5 Å². The van der Waals surface area contributed by atoms with Crippen LogP contribution in [0.5, 0.6) is 0 Å². The summed E-state index contributed by atoms with van der Waals surface area (Å²) in [5.74, 6) is -2.44. The van der Waals surface area contributed by atoms with Crippen LogP contribution in [0.3, 0.4) is 0 Å². The quantitative estimate of drug-likeness (QED) is 0.462. The molecule has 4 nitrogen and oxygen atoms in total. The summed E-state index contributed by atoms with van der Waals surface area (Å²) >= 11 is 4.26. The topological polar surface area (TPSA) is 74.6 Å². The molecule has 0 amide bonds. The van der Waals surface area contributed by atoms with Gasteiger partial charge in [0.25, 0.3) is 5.97 Å². The van der Waals surface area contributed by atoms with Crippen LogP contribution in [-0.2, 0) is 44.6 Å². The van der Waals surface area contributed by atoms with E-state index in [-0.39, 0.29) is 81.5 Å². The van der Waals surface area contributed by atoms with E-state index in [1.165, 1.54) is 0 Å². The Morgan fingerprint density at radius 1 is 1.25 bits per heavy atom. The Hall–Kier alpha value is 2.03. The second-order valence-electron chi connectivity index (χ2n) is 1.42. The van der Waals surface area contributed by atoms with Crippen molar-refractivity contribution in [2.75, 3.05) is 0 Å². The second-order valence-corrected chi connectivity index (χ2v) is 1.99. The standard InChI is InChI=1S/C4H6O4S.Au.2Na/c5-3(6)1-2(9)4(7)8;;;/h2,9H,1H2,(H,5,6)(H,7,8);;;/q;+1;;/p-1. The normalized spacial score (nSPS) is 9.42. The Bertz CT molecular complexity index is 145. The summed E-state index contributed by atoms with van der Waals surface area (Å²) in [6.45, 7) is 0. The molecular formula is C4H5AuNa2O4S. The van der Waals surface area contributed by atoms with Crippen LogP contribution >= 0.6 is 0 Å². The van der Waals surface area contributed by atoms with E-state index in [1.807, 2.05) is 0 Å². The summed E-state index contributed by atoms with van der Waals surface area (Å²) in [4.78, 5) is 19.7. The van der Waals surface area contributed by atoms with Gasteiger partial charge in [-0.15, -0.1) is 0 Å². The third kappa shape index (κ3) is 14.5. The zero-order valence-corrected chi connectivity index (χ0v) is 13.7. The van der Waals surface area contributed by atoms with Crippen molar-refractivity contribution in [2.45, 2.75) is 11.7 Å². The third-order valence-corrected chi connectivity index (χ3v) is 1.00. The van der Waals surface area contributed by atoms with Crippen LogP contribution in [-0.4, -0.2) is 86.5 Å². The fraction of sp³-hybridized carbons (Fsp3) is 0.500. The minimum absolute atomic E-state index is 0. The number of carboxylic acids is 2. The Morgan fingerprint density at radius 2 is 1.58 bits per heavy atom. The van der Waals surface area contributed by atoms with Crippen LogP contribution in [0.2, 0.25) is 0 Å². The third-order valence-electron chi connectivity index (χ3n) is 0.635. The van der Waals surface area contributed by atoms with Crippen molar-refractivity contribution in [3.63, 3.8) is 0 Å². The van der Waals surface area contributed by atoms with E-state index in [0.717, 1.165) is 0 Å². The number of hydrogen-bond acceptors (Lipinski definition) is 3. The van der Waals surface area contributed by atoms with Crippen LogP contribution in [0.1, 0.15) is 6.42 Å². The fourth-order valence-electron chi connectivity index (χ4n) is 0.246. The van der Waals surface area contributed by atoms with Gasteiger partial charge in [-0.2, -0.15) is 0 Å². The van der Waals surface area contributed by atoms with Gasteiger partial charge in [-0.05, 0) is 0 Å². The Morgan fingerprint density at radius 3 is 1.67 bits per heavy atom. The predicted octanol–water partition coefficient (Wildman–Crippen LogP) is -1.30. The fourth-order valence-corrected chi connectivity index (χ4v) is 0.388. The Labute approximate surface area is 135 Å². The minimum Gasteiger partial charge on any atom is -0.778 e. The summed E-state index contributed by atoms with van der Waals surface area (Å²) < 4.78 is 0. The summed E-state index contributed by atoms with van der Waals surface area (Å²) in [6.07, 6.45) is -0.495. The molecule has 0 bridgehead atoms. The molecule has 64 valence electrons. The number of rotatable bonds is 3. The van der Waals surface area contributed by atoms with Crippen LogP contribution < -0.4 is 0 Å². The smallest absolute Gasteiger partial charge is 0.778 e. The van der Waals surface area contributed by atoms with Gasteiger partial charge < -0.3 is 22.8 Å². The van der Waals surface area contributed by atoms with Crippen molar-refractivity contribution in [3.8, 4) is 0 Å². The predicted molar refractivity (Wildman–Crippen MR) is 42.5 cm³/mol. The minimum atomic E-state index is -1.26. The maximum Gasteiger partial charge on any atom is 1.00 e. The summed E-state index contributed by atoms with van der Waals surface area (Å²) in [7, 11) is 0. The SMILES string of the molecule is O=C(O)CC([S-])C(=O)O.[Au+].[Na].[Na]. The summed E-state index contributed by atoms with van der Waals surface area (Å²) in [5.41, 5.74) is 0. The van der Waals surface area contributed by atoms with Crippen LogP contribution in [0.4, 0.5) is 0 Å². The number of carboxylic acid groups (broad SMARTS) is 2. The Balaban J connectivity index is -0.000000107. The van der Waals surface area contributed by atoms with Crippen LogP contribution in [0.25, 0.3) is 0 Å². The zero-order valence-electron chi connectivity index (χ0n) is 6.71. The van der Waals surface area contributed by atoms with Gasteiger partial charge in [-0.1, -0.05) is 5.25 Å². The average Bonchev–Trinajstić information content (AvgIpc) is 1.63. The van der Waals surface area contributed by atoms with Crippen molar-refractivity contribution in [3.05, 3.63) is 0 Å². The molecule has 1 unspecified atom stereocenters. The van der Waals surface area contributed by atoms with Crippen molar-refractivity contribution in [1.82, 2.24) is 0 Å². The van der Waals surface area contributed by atoms with E-state index in [1.54, 1.807) is 0 Å². The molecule has 0 aliphatic heterocycles. The largest absolute Gasteiger partial charge is 1.00 e.